The van der Waals surface area contributed by atoms with Gasteiger partial charge in [0, 0.05) is 48.0 Å². The first-order chi connectivity index (χ1) is 33.0. The monoisotopic (exact) mass is 898 g/mol. The Labute approximate surface area is 395 Å². The summed E-state index contributed by atoms with van der Waals surface area (Å²) in [5.41, 5.74) is 9.55. The summed E-state index contributed by atoms with van der Waals surface area (Å²) in [6, 6.07) is 44.5. The second-order valence-electron chi connectivity index (χ2n) is 19.4. The lowest BCUT2D eigenvalue weighted by Crippen LogP contribution is -2.45. The average molecular weight is 899 g/mol. The van der Waals surface area contributed by atoms with Crippen molar-refractivity contribution < 1.29 is 32.8 Å². The highest BCUT2D eigenvalue weighted by molar-refractivity contribution is 6.22. The summed E-state index contributed by atoms with van der Waals surface area (Å²) in [5.74, 6) is 0. The van der Waals surface area contributed by atoms with Crippen molar-refractivity contribution in [1.29, 1.82) is 0 Å². The van der Waals surface area contributed by atoms with Gasteiger partial charge in [0.05, 0.1) is 52.9 Å². The third-order valence-electron chi connectivity index (χ3n) is 14.6. The molecule has 67 heavy (non-hydrogen) atoms. The van der Waals surface area contributed by atoms with Crippen LogP contribution >= 0.6 is 0 Å². The Hall–Kier alpha value is -5.12. The lowest BCUT2D eigenvalue weighted by Gasteiger charge is -2.40. The van der Waals surface area contributed by atoms with E-state index in [9.17, 15) is 0 Å². The Morgan fingerprint density at radius 2 is 0.910 bits per heavy atom. The second-order valence-corrected chi connectivity index (χ2v) is 19.4. The first-order valence-electron chi connectivity index (χ1n) is 24.9. The van der Waals surface area contributed by atoms with Crippen LogP contribution in [0.5, 0.6) is 0 Å². The molecule has 0 unspecified atom stereocenters. The summed E-state index contributed by atoms with van der Waals surface area (Å²) in [6.07, 6.45) is 8.67. The van der Waals surface area contributed by atoms with Crippen molar-refractivity contribution in [2.45, 2.75) is 78.4 Å². The quantitative estimate of drug-likeness (QED) is 0.0442. The Balaban J connectivity index is 0.810. The fraction of sp³-hybridized carbons (Fsp3) is 0.400. The molecule has 0 radical (unpaired) electrons. The summed E-state index contributed by atoms with van der Waals surface area (Å²) < 4.78 is 41.6. The van der Waals surface area contributed by atoms with Crippen LogP contribution in [0.15, 0.2) is 126 Å². The first kappa shape index (κ1) is 45.7. The normalized spacial score (nSPS) is 15.5. The first-order valence-corrected chi connectivity index (χ1v) is 24.9. The van der Waals surface area contributed by atoms with Crippen LogP contribution in [0.4, 0.5) is 0 Å². The van der Waals surface area contributed by atoms with Gasteiger partial charge in [0.25, 0.3) is 0 Å². The van der Waals surface area contributed by atoms with Crippen LogP contribution in [-0.4, -0.2) is 66.1 Å². The summed E-state index contributed by atoms with van der Waals surface area (Å²) in [6.45, 7) is 13.8. The zero-order valence-electron chi connectivity index (χ0n) is 39.5. The summed E-state index contributed by atoms with van der Waals surface area (Å²) in [7, 11) is 0. The Bertz CT molecular complexity index is 2850. The van der Waals surface area contributed by atoms with Crippen LogP contribution in [-0.2, 0) is 41.6 Å². The number of ether oxygens (including phenoxy) is 6. The number of unbranched alkanes of at least 4 members (excludes halogenated alkanes) is 4. The van der Waals surface area contributed by atoms with Crippen LogP contribution in [0.25, 0.3) is 76.5 Å². The summed E-state index contributed by atoms with van der Waals surface area (Å²) >= 11 is 0. The zero-order valence-corrected chi connectivity index (χ0v) is 39.5. The maximum absolute atomic E-state index is 6.52. The molecule has 7 aromatic carbocycles. The molecule has 1 aromatic heterocycles. The van der Waals surface area contributed by atoms with E-state index in [1.807, 2.05) is 0 Å². The molecule has 8 aromatic rings. The minimum Gasteiger partial charge on any atom is -0.456 e. The Kier molecular flexibility index (Phi) is 14.3. The molecule has 348 valence electrons. The molecule has 2 aliphatic rings. The number of fused-ring (bicyclic) bond motifs is 6. The van der Waals surface area contributed by atoms with E-state index in [1.54, 1.807) is 0 Å². The van der Waals surface area contributed by atoms with Crippen LogP contribution < -0.4 is 0 Å². The van der Waals surface area contributed by atoms with E-state index in [0.29, 0.717) is 13.2 Å². The van der Waals surface area contributed by atoms with E-state index in [1.165, 1.54) is 60.3 Å². The van der Waals surface area contributed by atoms with Gasteiger partial charge in [0.15, 0.2) is 0 Å². The van der Waals surface area contributed by atoms with Gasteiger partial charge in [-0.2, -0.15) is 0 Å². The van der Waals surface area contributed by atoms with Crippen molar-refractivity contribution >= 4 is 54.3 Å². The standard InChI is InChI=1S/C60H66O7/c1-3-59(39-65-40-59)37-63-29-13-5-11-27-61-35-43-19-22-45(23-20-43)57-49-15-7-9-17-51(49)58(52-18-10-8-16-50(52)57)47-25-26-55-53(32-47)54-33-48-31-44(21-24-46(48)34-56(54)67-55)36-62-28-12-6-14-30-64-38-60(4-2)41-66-42-60/h7-10,15-26,31-34H,3-6,11-14,27-30,35-42H2,1-2H3. The van der Waals surface area contributed by atoms with Crippen molar-refractivity contribution in [3.63, 3.8) is 0 Å². The molecule has 2 fully saturated rings. The van der Waals surface area contributed by atoms with Crippen LogP contribution in [0.2, 0.25) is 0 Å². The molecule has 0 saturated carbocycles. The van der Waals surface area contributed by atoms with E-state index < -0.39 is 0 Å². The van der Waals surface area contributed by atoms with E-state index in [2.05, 4.69) is 135 Å². The van der Waals surface area contributed by atoms with Gasteiger partial charge in [0.1, 0.15) is 11.2 Å². The highest BCUT2D eigenvalue weighted by atomic mass is 16.5. The van der Waals surface area contributed by atoms with Crippen molar-refractivity contribution in [3.8, 4) is 22.3 Å². The molecule has 2 saturated heterocycles. The molecule has 10 rings (SSSR count). The molecule has 0 bridgehead atoms. The maximum atomic E-state index is 6.52. The molecule has 7 nitrogen and oxygen atoms in total. The minimum atomic E-state index is 0.258. The third-order valence-corrected chi connectivity index (χ3v) is 14.6. The maximum Gasteiger partial charge on any atom is 0.136 e. The molecule has 2 aliphatic heterocycles. The van der Waals surface area contributed by atoms with Gasteiger partial charge in [0.2, 0.25) is 0 Å². The van der Waals surface area contributed by atoms with Crippen molar-refractivity contribution in [3.05, 3.63) is 132 Å². The lowest BCUT2D eigenvalue weighted by atomic mass is 9.84. The van der Waals surface area contributed by atoms with Gasteiger partial charge >= 0.3 is 0 Å². The highest BCUT2D eigenvalue weighted by Crippen LogP contribution is 2.45. The number of hydrogen-bond acceptors (Lipinski definition) is 7. The summed E-state index contributed by atoms with van der Waals surface area (Å²) in [4.78, 5) is 0. The number of hydrogen-bond donors (Lipinski definition) is 0. The molecule has 0 spiro atoms. The van der Waals surface area contributed by atoms with Crippen molar-refractivity contribution in [1.82, 2.24) is 0 Å². The van der Waals surface area contributed by atoms with Crippen molar-refractivity contribution in [2.75, 3.05) is 66.1 Å². The Morgan fingerprint density at radius 1 is 0.418 bits per heavy atom. The van der Waals surface area contributed by atoms with E-state index in [0.717, 1.165) is 145 Å². The molecular weight excluding hydrogens is 833 g/mol. The molecular formula is C60H66O7. The average Bonchev–Trinajstić information content (AvgIpc) is 3.69. The fourth-order valence-electron chi connectivity index (χ4n) is 10.0. The van der Waals surface area contributed by atoms with Crippen LogP contribution in [0.3, 0.4) is 0 Å². The number of rotatable bonds is 24. The zero-order chi connectivity index (χ0) is 45.5. The van der Waals surface area contributed by atoms with Crippen molar-refractivity contribution in [2.24, 2.45) is 10.8 Å². The molecule has 0 atom stereocenters. The predicted octanol–water partition coefficient (Wildman–Crippen LogP) is 14.6. The highest BCUT2D eigenvalue weighted by Gasteiger charge is 2.37. The van der Waals surface area contributed by atoms with Crippen LogP contribution in [0, 0.1) is 10.8 Å². The molecule has 0 N–H and O–H groups in total. The molecule has 7 heteroatoms. The summed E-state index contributed by atoms with van der Waals surface area (Å²) in [5, 5.41) is 9.54. The fourth-order valence-corrected chi connectivity index (χ4v) is 10.0. The second kappa shape index (κ2) is 21.0. The van der Waals surface area contributed by atoms with Gasteiger partial charge in [-0.15, -0.1) is 0 Å². The number of furan rings is 1. The predicted molar refractivity (Wildman–Crippen MR) is 273 cm³/mol. The van der Waals surface area contributed by atoms with Gasteiger partial charge in [-0.05, 0) is 147 Å². The minimum absolute atomic E-state index is 0.258. The van der Waals surface area contributed by atoms with Gasteiger partial charge in [-0.25, -0.2) is 0 Å². The largest absolute Gasteiger partial charge is 0.456 e. The molecule has 0 aliphatic carbocycles. The van der Waals surface area contributed by atoms with E-state index in [-0.39, 0.29) is 10.8 Å². The molecule has 0 amide bonds. The van der Waals surface area contributed by atoms with Gasteiger partial charge in [-0.3, -0.25) is 0 Å². The smallest absolute Gasteiger partial charge is 0.136 e. The lowest BCUT2D eigenvalue weighted by molar-refractivity contribution is -0.150. The van der Waals surface area contributed by atoms with Gasteiger partial charge < -0.3 is 32.8 Å². The van der Waals surface area contributed by atoms with Gasteiger partial charge in [-0.1, -0.05) is 105 Å². The SMILES string of the molecule is CCC1(COCCCCCOCc2ccc(-c3c4ccccc4c(-c4ccc5oc6cc7ccc(COCCCCCOCC8(CC)COC8)cc7cc6c5c4)c4ccccc34)cc2)COC1. The topological polar surface area (TPSA) is 68.5 Å². The van der Waals surface area contributed by atoms with Crippen LogP contribution in [0.1, 0.15) is 76.3 Å². The van der Waals surface area contributed by atoms with E-state index >= 15 is 0 Å². The third kappa shape index (κ3) is 10.1. The molecule has 3 heterocycles. The Morgan fingerprint density at radius 3 is 1.45 bits per heavy atom. The number of benzene rings is 7. The van der Waals surface area contributed by atoms with E-state index in [4.69, 9.17) is 32.8 Å².